The van der Waals surface area contributed by atoms with E-state index >= 15 is 0 Å². The number of hydrogen-bond acceptors (Lipinski definition) is 2. The van der Waals surface area contributed by atoms with Crippen LogP contribution < -0.4 is 0 Å². The molecular weight excluding hydrogens is 274 g/mol. The van der Waals surface area contributed by atoms with Crippen molar-refractivity contribution in [3.8, 4) is 0 Å². The number of rotatable bonds is 9. The van der Waals surface area contributed by atoms with Gasteiger partial charge in [0.1, 0.15) is 0 Å². The molecule has 0 aliphatic heterocycles. The second kappa shape index (κ2) is 11.5. The van der Waals surface area contributed by atoms with Crippen LogP contribution in [0.5, 0.6) is 0 Å². The minimum absolute atomic E-state index is 1.01. The van der Waals surface area contributed by atoms with E-state index in [-0.39, 0.29) is 0 Å². The summed E-state index contributed by atoms with van der Waals surface area (Å²) < 4.78 is 0. The Morgan fingerprint density at radius 1 is 1.14 bits per heavy atom. The second-order valence-electron chi connectivity index (χ2n) is 4.89. The smallest absolute Gasteiger partial charge is 0.0464 e. The molecule has 0 spiro atoms. The van der Waals surface area contributed by atoms with Gasteiger partial charge < -0.3 is 4.90 Å². The van der Waals surface area contributed by atoms with Crippen LogP contribution in [0.1, 0.15) is 48.0 Å². The van der Waals surface area contributed by atoms with Crippen LogP contribution in [-0.2, 0) is 0 Å². The van der Waals surface area contributed by atoms with Gasteiger partial charge in [-0.25, -0.2) is 0 Å². The summed E-state index contributed by atoms with van der Waals surface area (Å²) >= 11 is 1.83. The molecule has 0 rings (SSSR count). The molecule has 0 atom stereocenters. The van der Waals surface area contributed by atoms with E-state index in [0.29, 0.717) is 0 Å². The van der Waals surface area contributed by atoms with E-state index in [2.05, 4.69) is 77.3 Å². The maximum absolute atomic E-state index is 3.87. The van der Waals surface area contributed by atoms with Crippen molar-refractivity contribution < 1.29 is 0 Å². The summed E-state index contributed by atoms with van der Waals surface area (Å²) in [6, 6.07) is 0. The van der Waals surface area contributed by atoms with Crippen LogP contribution >= 0.6 is 11.8 Å². The molecule has 0 heterocycles. The van der Waals surface area contributed by atoms with Crippen LogP contribution in [0.4, 0.5) is 0 Å². The summed E-state index contributed by atoms with van der Waals surface area (Å²) in [6.45, 7) is 18.9. The van der Waals surface area contributed by atoms with Crippen LogP contribution in [0.2, 0.25) is 0 Å². The highest BCUT2D eigenvalue weighted by atomic mass is 32.2. The molecule has 1 nitrogen and oxygen atoms in total. The minimum Gasteiger partial charge on any atom is -0.371 e. The van der Waals surface area contributed by atoms with Crippen molar-refractivity contribution in [3.63, 3.8) is 0 Å². The zero-order valence-electron chi connectivity index (χ0n) is 14.6. The molecule has 0 aromatic rings. The predicted molar refractivity (Wildman–Crippen MR) is 100 cm³/mol. The van der Waals surface area contributed by atoms with E-state index in [1.165, 1.54) is 21.1 Å². The van der Waals surface area contributed by atoms with Gasteiger partial charge >= 0.3 is 0 Å². The number of thioether (sulfide) groups is 1. The summed E-state index contributed by atoms with van der Waals surface area (Å²) in [6.07, 6.45) is 11.7. The molecule has 0 saturated carbocycles. The monoisotopic (exact) mass is 305 g/mol. The number of hydrogen-bond donors (Lipinski definition) is 0. The van der Waals surface area contributed by atoms with Crippen molar-refractivity contribution in [3.05, 3.63) is 58.0 Å². The van der Waals surface area contributed by atoms with E-state index in [1.54, 1.807) is 0 Å². The van der Waals surface area contributed by atoms with E-state index < -0.39 is 0 Å². The lowest BCUT2D eigenvalue weighted by Gasteiger charge is -2.26. The summed E-state index contributed by atoms with van der Waals surface area (Å²) in [5.74, 6) is 0. The lowest BCUT2D eigenvalue weighted by molar-refractivity contribution is 0.392. The van der Waals surface area contributed by atoms with Crippen molar-refractivity contribution in [2.75, 3.05) is 13.1 Å². The van der Waals surface area contributed by atoms with Crippen molar-refractivity contribution in [1.82, 2.24) is 4.90 Å². The van der Waals surface area contributed by atoms with E-state index in [0.717, 1.165) is 19.5 Å². The molecule has 0 radical (unpaired) electrons. The molecule has 0 aromatic heterocycles. The van der Waals surface area contributed by atoms with Gasteiger partial charge in [-0.2, -0.15) is 0 Å². The SMILES string of the molecule is C=C/C=C(SC(/C=C\CC)=C(C)C)\C(=C/C)N(CC)CC. The van der Waals surface area contributed by atoms with Crippen molar-refractivity contribution in [2.24, 2.45) is 0 Å². The Labute approximate surface area is 136 Å². The molecule has 0 aromatic carbocycles. The van der Waals surface area contributed by atoms with Gasteiger partial charge in [0.25, 0.3) is 0 Å². The van der Waals surface area contributed by atoms with Crippen LogP contribution in [0.25, 0.3) is 0 Å². The summed E-state index contributed by atoms with van der Waals surface area (Å²) in [5, 5.41) is 0. The van der Waals surface area contributed by atoms with Gasteiger partial charge in [-0.05, 0) is 47.1 Å². The molecule has 0 bridgehead atoms. The molecule has 0 amide bonds. The third-order valence-corrected chi connectivity index (χ3v) is 4.45. The first kappa shape index (κ1) is 19.9. The summed E-state index contributed by atoms with van der Waals surface area (Å²) in [7, 11) is 0. The van der Waals surface area contributed by atoms with Crippen LogP contribution in [0, 0.1) is 0 Å². The molecular formula is C19H31NS. The molecule has 118 valence electrons. The average Bonchev–Trinajstić information content (AvgIpc) is 2.47. The van der Waals surface area contributed by atoms with Crippen LogP contribution in [-0.4, -0.2) is 18.0 Å². The molecule has 2 heteroatoms. The third kappa shape index (κ3) is 6.90. The highest BCUT2D eigenvalue weighted by molar-refractivity contribution is 8.07. The molecule has 0 fully saturated rings. The fourth-order valence-electron chi connectivity index (χ4n) is 1.97. The Morgan fingerprint density at radius 2 is 1.76 bits per heavy atom. The van der Waals surface area contributed by atoms with E-state index in [1.807, 2.05) is 17.8 Å². The Hall–Kier alpha value is -1.15. The summed E-state index contributed by atoms with van der Waals surface area (Å²) in [4.78, 5) is 4.96. The Bertz CT molecular complexity index is 430. The van der Waals surface area contributed by atoms with Crippen molar-refractivity contribution in [1.29, 1.82) is 0 Å². The number of nitrogens with zero attached hydrogens (tertiary/aromatic N) is 1. The molecule has 21 heavy (non-hydrogen) atoms. The zero-order valence-corrected chi connectivity index (χ0v) is 15.4. The number of likely N-dealkylation sites (N-methyl/N-ethyl adjacent to an activating group) is 1. The Morgan fingerprint density at radius 3 is 2.14 bits per heavy atom. The third-order valence-electron chi connectivity index (χ3n) is 3.12. The van der Waals surface area contributed by atoms with Gasteiger partial charge in [-0.1, -0.05) is 55.1 Å². The number of allylic oxidation sites excluding steroid dienone is 6. The average molecular weight is 306 g/mol. The van der Waals surface area contributed by atoms with Crippen molar-refractivity contribution >= 4 is 11.8 Å². The Balaban J connectivity index is 5.51. The van der Waals surface area contributed by atoms with E-state index in [4.69, 9.17) is 0 Å². The second-order valence-corrected chi connectivity index (χ2v) is 5.97. The van der Waals surface area contributed by atoms with Gasteiger partial charge in [0, 0.05) is 28.6 Å². The normalized spacial score (nSPS) is 12.7. The quantitative estimate of drug-likeness (QED) is 0.460. The fourth-order valence-corrected chi connectivity index (χ4v) is 3.09. The zero-order chi connectivity index (χ0) is 16.3. The van der Waals surface area contributed by atoms with Crippen molar-refractivity contribution in [2.45, 2.75) is 48.0 Å². The largest absolute Gasteiger partial charge is 0.371 e. The lowest BCUT2D eigenvalue weighted by Crippen LogP contribution is -2.22. The maximum Gasteiger partial charge on any atom is 0.0464 e. The first-order chi connectivity index (χ1) is 10.0. The molecule has 0 saturated heterocycles. The van der Waals surface area contributed by atoms with Gasteiger partial charge in [0.15, 0.2) is 0 Å². The lowest BCUT2D eigenvalue weighted by atomic mass is 10.3. The van der Waals surface area contributed by atoms with Gasteiger partial charge in [-0.15, -0.1) is 0 Å². The first-order valence-electron chi connectivity index (χ1n) is 7.81. The molecule has 0 unspecified atom stereocenters. The standard InChI is InChI=1S/C19H31NS/c1-8-13-15-18(16(6)7)21-19(14-9-2)17(10-3)20(11-4)12-5/h9-10,13-15H,2,8,11-12H2,1,3-7H3/b15-13-,17-10+,19-14+. The predicted octanol–water partition coefficient (Wildman–Crippen LogP) is 6.30. The van der Waals surface area contributed by atoms with Gasteiger partial charge in [0.05, 0.1) is 0 Å². The minimum atomic E-state index is 1.01. The highest BCUT2D eigenvalue weighted by Gasteiger charge is 2.12. The highest BCUT2D eigenvalue weighted by Crippen LogP contribution is 2.35. The first-order valence-corrected chi connectivity index (χ1v) is 8.63. The summed E-state index contributed by atoms with van der Waals surface area (Å²) in [5.41, 5.74) is 2.63. The maximum atomic E-state index is 3.87. The Kier molecular flexibility index (Phi) is 10.9. The molecule has 0 aliphatic carbocycles. The fraction of sp³-hybridized carbons (Fsp3) is 0.474. The topological polar surface area (TPSA) is 3.24 Å². The van der Waals surface area contributed by atoms with Gasteiger partial charge in [-0.3, -0.25) is 0 Å². The molecule has 0 N–H and O–H groups in total. The molecule has 0 aliphatic rings. The van der Waals surface area contributed by atoms with Crippen LogP contribution in [0.3, 0.4) is 0 Å². The van der Waals surface area contributed by atoms with Gasteiger partial charge in [0.2, 0.25) is 0 Å². The van der Waals surface area contributed by atoms with E-state index in [9.17, 15) is 0 Å². The van der Waals surface area contributed by atoms with Crippen LogP contribution in [0.15, 0.2) is 58.0 Å².